The molecule has 0 radical (unpaired) electrons. The van der Waals surface area contributed by atoms with Crippen molar-refractivity contribution in [1.29, 1.82) is 0 Å². The smallest absolute Gasteiger partial charge is 0.125 e. The van der Waals surface area contributed by atoms with Crippen LogP contribution in [0.25, 0.3) is 0 Å². The molecule has 1 N–H and O–H groups in total. The van der Waals surface area contributed by atoms with E-state index in [4.69, 9.17) is 4.74 Å². The van der Waals surface area contributed by atoms with Crippen LogP contribution in [-0.4, -0.2) is 23.6 Å². The monoisotopic (exact) mass is 335 g/mol. The van der Waals surface area contributed by atoms with Gasteiger partial charge in [0.15, 0.2) is 0 Å². The molecule has 20 heavy (non-hydrogen) atoms. The van der Waals surface area contributed by atoms with Crippen LogP contribution in [0, 0.1) is 0 Å². The molecule has 4 nitrogen and oxygen atoms in total. The Bertz CT molecular complexity index is 548. The molecule has 0 saturated carbocycles. The molecule has 0 bridgehead atoms. The third-order valence-corrected chi connectivity index (χ3v) is 3.51. The summed E-state index contributed by atoms with van der Waals surface area (Å²) in [5.74, 6) is 0.844. The Balaban J connectivity index is 2.41. The minimum atomic E-state index is 0.0270. The van der Waals surface area contributed by atoms with Gasteiger partial charge in [0, 0.05) is 28.0 Å². The lowest BCUT2D eigenvalue weighted by molar-refractivity contribution is 0.403. The number of ether oxygens (including phenoxy) is 1. The van der Waals surface area contributed by atoms with Crippen LogP contribution in [0.4, 0.5) is 0 Å². The molecule has 2 aromatic rings. The van der Waals surface area contributed by atoms with Gasteiger partial charge in [-0.3, -0.25) is 0 Å². The molecular weight excluding hydrogens is 318 g/mol. The molecule has 1 atom stereocenters. The second-order valence-electron chi connectivity index (χ2n) is 4.45. The summed E-state index contributed by atoms with van der Waals surface area (Å²) < 4.78 is 6.49. The third-order valence-electron chi connectivity index (χ3n) is 3.02. The first kappa shape index (κ1) is 14.9. The molecule has 1 aromatic heterocycles. The van der Waals surface area contributed by atoms with Crippen molar-refractivity contribution in [3.63, 3.8) is 0 Å². The second-order valence-corrected chi connectivity index (χ2v) is 5.36. The SMILES string of the molecule is CCCNC(c1cncnc1)c1ccc(Br)cc1OC. The minimum absolute atomic E-state index is 0.0270. The molecule has 0 saturated heterocycles. The first-order chi connectivity index (χ1) is 9.76. The molecule has 0 spiro atoms. The van der Waals surface area contributed by atoms with Crippen molar-refractivity contribution in [2.24, 2.45) is 0 Å². The van der Waals surface area contributed by atoms with Gasteiger partial charge in [0.2, 0.25) is 0 Å². The molecule has 1 aromatic carbocycles. The van der Waals surface area contributed by atoms with Gasteiger partial charge >= 0.3 is 0 Å². The van der Waals surface area contributed by atoms with Gasteiger partial charge in [0.05, 0.1) is 13.2 Å². The fraction of sp³-hybridized carbons (Fsp3) is 0.333. The van der Waals surface area contributed by atoms with Crippen molar-refractivity contribution in [3.8, 4) is 5.75 Å². The predicted molar refractivity (Wildman–Crippen MR) is 82.9 cm³/mol. The minimum Gasteiger partial charge on any atom is -0.496 e. The van der Waals surface area contributed by atoms with Crippen LogP contribution < -0.4 is 10.1 Å². The Morgan fingerprint density at radius 1 is 1.30 bits per heavy atom. The van der Waals surface area contributed by atoms with Crippen LogP contribution >= 0.6 is 15.9 Å². The van der Waals surface area contributed by atoms with Crippen LogP contribution in [0.2, 0.25) is 0 Å². The van der Waals surface area contributed by atoms with Crippen molar-refractivity contribution in [2.75, 3.05) is 13.7 Å². The highest BCUT2D eigenvalue weighted by Gasteiger charge is 2.18. The molecule has 1 heterocycles. The van der Waals surface area contributed by atoms with Gasteiger partial charge in [-0.25, -0.2) is 9.97 Å². The normalized spacial score (nSPS) is 12.2. The van der Waals surface area contributed by atoms with E-state index in [0.717, 1.165) is 34.3 Å². The maximum absolute atomic E-state index is 5.50. The topological polar surface area (TPSA) is 47.0 Å². The predicted octanol–water partition coefficient (Wildman–Crippen LogP) is 3.34. The highest BCUT2D eigenvalue weighted by atomic mass is 79.9. The van der Waals surface area contributed by atoms with Crippen LogP contribution in [0.1, 0.15) is 30.5 Å². The highest BCUT2D eigenvalue weighted by Crippen LogP contribution is 2.31. The van der Waals surface area contributed by atoms with Gasteiger partial charge < -0.3 is 10.1 Å². The van der Waals surface area contributed by atoms with E-state index in [1.807, 2.05) is 24.5 Å². The Kier molecular flexibility index (Phi) is 5.49. The average molecular weight is 336 g/mol. The van der Waals surface area contributed by atoms with Gasteiger partial charge in [0.25, 0.3) is 0 Å². The molecule has 106 valence electrons. The summed E-state index contributed by atoms with van der Waals surface area (Å²) in [6.45, 7) is 3.06. The number of benzene rings is 1. The Morgan fingerprint density at radius 2 is 2.05 bits per heavy atom. The zero-order chi connectivity index (χ0) is 14.4. The van der Waals surface area contributed by atoms with Crippen molar-refractivity contribution in [2.45, 2.75) is 19.4 Å². The lowest BCUT2D eigenvalue weighted by Crippen LogP contribution is -2.24. The van der Waals surface area contributed by atoms with E-state index in [9.17, 15) is 0 Å². The van der Waals surface area contributed by atoms with Gasteiger partial charge in [0.1, 0.15) is 12.1 Å². The number of halogens is 1. The molecule has 0 fully saturated rings. The number of hydrogen-bond donors (Lipinski definition) is 1. The van der Waals surface area contributed by atoms with Gasteiger partial charge in [-0.05, 0) is 25.1 Å². The fourth-order valence-electron chi connectivity index (χ4n) is 2.08. The van der Waals surface area contributed by atoms with Crippen molar-refractivity contribution in [1.82, 2.24) is 15.3 Å². The van der Waals surface area contributed by atoms with Crippen LogP contribution in [0.15, 0.2) is 41.4 Å². The molecular formula is C15H18BrN3O. The Labute approximate surface area is 127 Å². The first-order valence-corrected chi connectivity index (χ1v) is 7.37. The number of nitrogens with zero attached hydrogens (tertiary/aromatic N) is 2. The van der Waals surface area contributed by atoms with E-state index < -0.39 is 0 Å². The zero-order valence-corrected chi connectivity index (χ0v) is 13.2. The lowest BCUT2D eigenvalue weighted by Gasteiger charge is -2.21. The van der Waals surface area contributed by atoms with E-state index in [1.165, 1.54) is 0 Å². The second kappa shape index (κ2) is 7.36. The Hall–Kier alpha value is -1.46. The van der Waals surface area contributed by atoms with E-state index in [-0.39, 0.29) is 6.04 Å². The van der Waals surface area contributed by atoms with Gasteiger partial charge in [-0.1, -0.05) is 28.9 Å². The molecule has 0 amide bonds. The third kappa shape index (κ3) is 3.55. The molecule has 0 aliphatic rings. The molecule has 5 heteroatoms. The molecule has 1 unspecified atom stereocenters. The highest BCUT2D eigenvalue weighted by molar-refractivity contribution is 9.10. The van der Waals surface area contributed by atoms with E-state index >= 15 is 0 Å². The number of hydrogen-bond acceptors (Lipinski definition) is 4. The summed E-state index contributed by atoms with van der Waals surface area (Å²) in [7, 11) is 1.68. The van der Waals surface area contributed by atoms with Crippen LogP contribution in [0.3, 0.4) is 0 Å². The van der Waals surface area contributed by atoms with E-state index in [2.05, 4.69) is 44.2 Å². The average Bonchev–Trinajstić information content (AvgIpc) is 2.49. The summed E-state index contributed by atoms with van der Waals surface area (Å²) in [5.41, 5.74) is 2.11. The van der Waals surface area contributed by atoms with Crippen molar-refractivity contribution >= 4 is 15.9 Å². The number of methoxy groups -OCH3 is 1. The number of aromatic nitrogens is 2. The molecule has 2 rings (SSSR count). The number of rotatable bonds is 6. The Morgan fingerprint density at radius 3 is 2.70 bits per heavy atom. The van der Waals surface area contributed by atoms with Crippen LogP contribution in [-0.2, 0) is 0 Å². The van der Waals surface area contributed by atoms with Gasteiger partial charge in [-0.2, -0.15) is 0 Å². The largest absolute Gasteiger partial charge is 0.496 e. The number of nitrogens with one attached hydrogen (secondary N) is 1. The standard InChI is InChI=1S/C15H18BrN3O/c1-3-6-19-15(11-8-17-10-18-9-11)13-5-4-12(16)7-14(13)20-2/h4-5,7-10,15,19H,3,6H2,1-2H3. The summed E-state index contributed by atoms with van der Waals surface area (Å²) in [6, 6.07) is 6.07. The zero-order valence-electron chi connectivity index (χ0n) is 11.6. The van der Waals surface area contributed by atoms with Gasteiger partial charge in [-0.15, -0.1) is 0 Å². The quantitative estimate of drug-likeness (QED) is 0.879. The first-order valence-electron chi connectivity index (χ1n) is 6.58. The molecule has 0 aliphatic heterocycles. The van der Waals surface area contributed by atoms with E-state index in [0.29, 0.717) is 0 Å². The molecule has 0 aliphatic carbocycles. The summed E-state index contributed by atoms with van der Waals surface area (Å²) in [5, 5.41) is 3.52. The summed E-state index contributed by atoms with van der Waals surface area (Å²) in [4.78, 5) is 8.22. The lowest BCUT2D eigenvalue weighted by atomic mass is 10.00. The van der Waals surface area contributed by atoms with Crippen molar-refractivity contribution in [3.05, 3.63) is 52.5 Å². The van der Waals surface area contributed by atoms with Crippen molar-refractivity contribution < 1.29 is 4.74 Å². The maximum atomic E-state index is 5.50. The van der Waals surface area contributed by atoms with E-state index in [1.54, 1.807) is 13.4 Å². The summed E-state index contributed by atoms with van der Waals surface area (Å²) >= 11 is 3.47. The summed E-state index contributed by atoms with van der Waals surface area (Å²) in [6.07, 6.45) is 6.27. The van der Waals surface area contributed by atoms with Crippen LogP contribution in [0.5, 0.6) is 5.75 Å². The maximum Gasteiger partial charge on any atom is 0.125 e. The fourth-order valence-corrected chi connectivity index (χ4v) is 2.42.